The van der Waals surface area contributed by atoms with E-state index in [9.17, 15) is 0 Å². The molecule has 0 bridgehead atoms. The maximum atomic E-state index is 6.41. The highest BCUT2D eigenvalue weighted by atomic mass is 35.5. The van der Waals surface area contributed by atoms with Crippen molar-refractivity contribution in [3.63, 3.8) is 0 Å². The van der Waals surface area contributed by atoms with Gasteiger partial charge in [0, 0.05) is 33.9 Å². The van der Waals surface area contributed by atoms with E-state index in [-0.39, 0.29) is 5.41 Å². The first-order chi connectivity index (χ1) is 11.0. The van der Waals surface area contributed by atoms with Crippen LogP contribution in [0.4, 0.5) is 0 Å². The molecular formula is C18H21Cl2N3. The van der Waals surface area contributed by atoms with Gasteiger partial charge in [-0.2, -0.15) is 5.10 Å². The summed E-state index contributed by atoms with van der Waals surface area (Å²) in [6.45, 7) is 8.27. The van der Waals surface area contributed by atoms with Gasteiger partial charge in [-0.1, -0.05) is 50.0 Å². The van der Waals surface area contributed by atoms with E-state index in [0.717, 1.165) is 23.3 Å². The van der Waals surface area contributed by atoms with E-state index < -0.39 is 0 Å². The minimum Gasteiger partial charge on any atom is -0.237 e. The summed E-state index contributed by atoms with van der Waals surface area (Å²) in [4.78, 5) is 4.33. The maximum absolute atomic E-state index is 6.41. The number of benzene rings is 1. The molecule has 0 saturated carbocycles. The van der Waals surface area contributed by atoms with E-state index in [1.165, 1.54) is 0 Å². The molecule has 23 heavy (non-hydrogen) atoms. The molecular weight excluding hydrogens is 329 g/mol. The first-order valence-corrected chi connectivity index (χ1v) is 8.56. The van der Waals surface area contributed by atoms with E-state index in [4.69, 9.17) is 23.2 Å². The zero-order chi connectivity index (χ0) is 17.0. The molecule has 0 aliphatic rings. The van der Waals surface area contributed by atoms with E-state index in [1.807, 2.05) is 44.3 Å². The summed E-state index contributed by atoms with van der Waals surface area (Å²) in [5, 5.41) is 5.96. The predicted octanol–water partition coefficient (Wildman–Crippen LogP) is 5.78. The van der Waals surface area contributed by atoms with Gasteiger partial charge in [-0.3, -0.25) is 0 Å². The van der Waals surface area contributed by atoms with E-state index in [0.29, 0.717) is 10.0 Å². The third kappa shape index (κ3) is 3.36. The minimum atomic E-state index is -0.282. The monoisotopic (exact) mass is 349 g/mol. The average molecular weight is 350 g/mol. The second-order valence-corrected chi connectivity index (χ2v) is 6.11. The Balaban J connectivity index is 0.000000924. The van der Waals surface area contributed by atoms with Crippen LogP contribution < -0.4 is 0 Å². The lowest BCUT2D eigenvalue weighted by Gasteiger charge is -2.28. The Morgan fingerprint density at radius 1 is 1.17 bits per heavy atom. The molecule has 2 heterocycles. The van der Waals surface area contributed by atoms with Crippen LogP contribution in [0.15, 0.2) is 42.7 Å². The number of hydrogen-bond acceptors (Lipinski definition) is 2. The molecule has 5 heteroatoms. The van der Waals surface area contributed by atoms with Crippen LogP contribution in [-0.4, -0.2) is 14.6 Å². The third-order valence-corrected chi connectivity index (χ3v) is 4.58. The van der Waals surface area contributed by atoms with Gasteiger partial charge in [0.1, 0.15) is 0 Å². The van der Waals surface area contributed by atoms with E-state index >= 15 is 0 Å². The van der Waals surface area contributed by atoms with Crippen LogP contribution >= 0.6 is 23.2 Å². The Morgan fingerprint density at radius 2 is 1.91 bits per heavy atom. The average Bonchev–Trinajstić information content (AvgIpc) is 3.00. The van der Waals surface area contributed by atoms with Gasteiger partial charge >= 0.3 is 0 Å². The maximum Gasteiger partial charge on any atom is 0.155 e. The minimum absolute atomic E-state index is 0.282. The Morgan fingerprint density at radius 3 is 2.52 bits per heavy atom. The smallest absolute Gasteiger partial charge is 0.155 e. The molecule has 1 unspecified atom stereocenters. The van der Waals surface area contributed by atoms with Crippen LogP contribution in [-0.2, 0) is 5.41 Å². The largest absolute Gasteiger partial charge is 0.237 e. The molecule has 0 amide bonds. The van der Waals surface area contributed by atoms with Gasteiger partial charge in [-0.25, -0.2) is 9.50 Å². The van der Waals surface area contributed by atoms with Crippen LogP contribution in [0.25, 0.3) is 5.65 Å². The summed E-state index contributed by atoms with van der Waals surface area (Å²) >= 11 is 12.4. The highest BCUT2D eigenvalue weighted by Gasteiger charge is 2.32. The SMILES string of the molecule is CC.CCC(C)(c1cc2ncccn2n1)c1ccc(Cl)cc1Cl. The Labute approximate surface area is 147 Å². The van der Waals surface area contributed by atoms with Gasteiger partial charge in [0.15, 0.2) is 5.65 Å². The number of halogens is 2. The lowest BCUT2D eigenvalue weighted by Crippen LogP contribution is -2.23. The summed E-state index contributed by atoms with van der Waals surface area (Å²) in [5.41, 5.74) is 2.53. The van der Waals surface area contributed by atoms with Gasteiger partial charge in [-0.05, 0) is 37.1 Å². The quantitative estimate of drug-likeness (QED) is 0.599. The van der Waals surface area contributed by atoms with E-state index in [1.54, 1.807) is 16.8 Å². The normalized spacial score (nSPS) is 13.3. The van der Waals surface area contributed by atoms with Gasteiger partial charge in [0.05, 0.1) is 5.69 Å². The molecule has 0 fully saturated rings. The van der Waals surface area contributed by atoms with Crippen molar-refractivity contribution in [1.82, 2.24) is 14.6 Å². The summed E-state index contributed by atoms with van der Waals surface area (Å²) in [6, 6.07) is 9.49. The Bertz CT molecular complexity index is 765. The molecule has 0 aliphatic heterocycles. The molecule has 3 aromatic rings. The number of fused-ring (bicyclic) bond motifs is 1. The number of rotatable bonds is 3. The molecule has 3 nitrogen and oxygen atoms in total. The van der Waals surface area contributed by atoms with Crippen molar-refractivity contribution in [2.24, 2.45) is 0 Å². The molecule has 0 N–H and O–H groups in total. The van der Waals surface area contributed by atoms with Crippen molar-refractivity contribution >= 4 is 28.8 Å². The molecule has 2 aromatic heterocycles. The molecule has 0 aliphatic carbocycles. The van der Waals surface area contributed by atoms with Crippen LogP contribution in [0.3, 0.4) is 0 Å². The van der Waals surface area contributed by atoms with Crippen molar-refractivity contribution in [1.29, 1.82) is 0 Å². The fourth-order valence-electron chi connectivity index (χ4n) is 2.55. The first-order valence-electron chi connectivity index (χ1n) is 7.81. The number of hydrogen-bond donors (Lipinski definition) is 0. The summed E-state index contributed by atoms with van der Waals surface area (Å²) in [6.07, 6.45) is 4.53. The summed E-state index contributed by atoms with van der Waals surface area (Å²) in [7, 11) is 0. The lowest BCUT2D eigenvalue weighted by molar-refractivity contribution is 0.528. The summed E-state index contributed by atoms with van der Waals surface area (Å²) in [5.74, 6) is 0. The topological polar surface area (TPSA) is 30.2 Å². The Kier molecular flexibility index (Phi) is 5.66. The second kappa shape index (κ2) is 7.33. The van der Waals surface area contributed by atoms with Crippen molar-refractivity contribution in [2.75, 3.05) is 0 Å². The highest BCUT2D eigenvalue weighted by molar-refractivity contribution is 6.35. The fraction of sp³-hybridized carbons (Fsp3) is 0.333. The number of nitrogens with zero attached hydrogens (tertiary/aromatic N) is 3. The zero-order valence-corrected chi connectivity index (χ0v) is 15.4. The van der Waals surface area contributed by atoms with Gasteiger partial charge in [-0.15, -0.1) is 0 Å². The number of aromatic nitrogens is 3. The standard InChI is InChI=1S/C16H15Cl2N3.C2H6/c1-3-16(2,12-6-5-11(17)9-13(12)18)14-10-15-19-7-4-8-21(15)20-14;1-2/h4-10H,3H2,1-2H3;1-2H3. The van der Waals surface area contributed by atoms with Gasteiger partial charge in [0.25, 0.3) is 0 Å². The molecule has 1 aromatic carbocycles. The Hall–Kier alpha value is -1.58. The van der Waals surface area contributed by atoms with Crippen LogP contribution in [0.5, 0.6) is 0 Å². The van der Waals surface area contributed by atoms with Gasteiger partial charge < -0.3 is 0 Å². The van der Waals surface area contributed by atoms with Crippen molar-refractivity contribution in [3.05, 3.63) is 64.0 Å². The molecule has 1 atom stereocenters. The van der Waals surface area contributed by atoms with Crippen LogP contribution in [0.2, 0.25) is 10.0 Å². The zero-order valence-electron chi connectivity index (χ0n) is 13.8. The van der Waals surface area contributed by atoms with Crippen molar-refractivity contribution in [3.8, 4) is 0 Å². The fourth-order valence-corrected chi connectivity index (χ4v) is 3.16. The molecule has 122 valence electrons. The van der Waals surface area contributed by atoms with Crippen molar-refractivity contribution < 1.29 is 0 Å². The van der Waals surface area contributed by atoms with Crippen molar-refractivity contribution in [2.45, 2.75) is 39.5 Å². The second-order valence-electron chi connectivity index (χ2n) is 5.26. The summed E-state index contributed by atoms with van der Waals surface area (Å²) < 4.78 is 1.78. The molecule has 3 rings (SSSR count). The predicted molar refractivity (Wildman–Crippen MR) is 97.5 cm³/mol. The van der Waals surface area contributed by atoms with E-state index in [2.05, 4.69) is 23.9 Å². The highest BCUT2D eigenvalue weighted by Crippen LogP contribution is 2.39. The van der Waals surface area contributed by atoms with Gasteiger partial charge in [0.2, 0.25) is 0 Å². The van der Waals surface area contributed by atoms with Crippen LogP contribution in [0.1, 0.15) is 45.4 Å². The third-order valence-electron chi connectivity index (χ3n) is 4.03. The first kappa shape index (κ1) is 17.8. The molecule has 0 saturated heterocycles. The van der Waals surface area contributed by atoms with Crippen LogP contribution in [0, 0.1) is 0 Å². The molecule has 0 radical (unpaired) electrons. The lowest BCUT2D eigenvalue weighted by atomic mass is 9.77. The molecule has 0 spiro atoms.